The molecule has 0 atom stereocenters. The summed E-state index contributed by atoms with van der Waals surface area (Å²) >= 11 is 0. The van der Waals surface area contributed by atoms with Crippen molar-refractivity contribution in [2.75, 3.05) is 26.2 Å². The fourth-order valence-corrected chi connectivity index (χ4v) is 0.270. The van der Waals surface area contributed by atoms with Crippen LogP contribution in [0.25, 0.3) is 64.7 Å². The maximum atomic E-state index is 6.75. The predicted molar refractivity (Wildman–Crippen MR) is 61.7 cm³/mol. The summed E-state index contributed by atoms with van der Waals surface area (Å²) in [7, 11) is 0. The number of nitrogens with one attached hydrogen (secondary N) is 2. The summed E-state index contributed by atoms with van der Waals surface area (Å²) in [4.78, 5) is 4.50. The quantitative estimate of drug-likeness (QED) is 0.307. The van der Waals surface area contributed by atoms with Crippen LogP contribution in [0.3, 0.4) is 0 Å². The van der Waals surface area contributed by atoms with Gasteiger partial charge in [0.2, 0.25) is 0 Å². The summed E-state index contributed by atoms with van der Waals surface area (Å²) in [6.45, 7) is 1.91. The van der Waals surface area contributed by atoms with Crippen LogP contribution >= 0.6 is 0 Å². The van der Waals surface area contributed by atoms with Crippen molar-refractivity contribution in [2.45, 2.75) is 0 Å². The Balaban J connectivity index is -0.0000000411. The van der Waals surface area contributed by atoms with Gasteiger partial charge in [-0.05, 0) is 0 Å². The molecule has 0 aromatic carbocycles. The zero-order chi connectivity index (χ0) is 13.7. The second-order valence-electron chi connectivity index (χ2n) is 1.44. The van der Waals surface area contributed by atoms with E-state index in [0.717, 1.165) is 0 Å². The van der Waals surface area contributed by atoms with Crippen LogP contribution in [0.4, 0.5) is 0 Å². The number of hydrogen-bond donors (Lipinski definition) is 0. The van der Waals surface area contributed by atoms with E-state index in [2.05, 4.69) is 5.32 Å². The van der Waals surface area contributed by atoms with Crippen molar-refractivity contribution in [1.82, 2.24) is 0 Å². The Morgan fingerprint density at radius 3 is 1.00 bits per heavy atom. The molecule has 0 aliphatic rings. The molecule has 12 nitrogen and oxygen atoms in total. The fourth-order valence-electron chi connectivity index (χ4n) is 0.270. The second-order valence-corrected chi connectivity index (χ2v) is 1.44. The van der Waals surface area contributed by atoms with E-state index < -0.39 is 0 Å². The Kier molecular flexibility index (Phi) is 110. The van der Waals surface area contributed by atoms with Gasteiger partial charge in [0, 0.05) is 16.8 Å². The van der Waals surface area contributed by atoms with E-state index in [1.54, 1.807) is 0 Å². The van der Waals surface area contributed by atoms with Gasteiger partial charge in [0.1, 0.15) is 0 Å². The summed E-state index contributed by atoms with van der Waals surface area (Å²) in [6, 6.07) is 0. The third-order valence-corrected chi connectivity index (χ3v) is 0.540. The molecule has 17 heavy (non-hydrogen) atoms. The average Bonchev–Trinajstić information content (AvgIpc) is 2.22. The van der Waals surface area contributed by atoms with Crippen molar-refractivity contribution in [1.29, 1.82) is 0 Å². The first-order chi connectivity index (χ1) is 7.66. The van der Waals surface area contributed by atoms with Crippen LogP contribution in [-0.2, 0) is 16.8 Å². The molecular weight excluding hydrogens is 275 g/mol. The molecule has 0 aromatic rings. The van der Waals surface area contributed by atoms with Crippen LogP contribution < -0.4 is 0 Å². The van der Waals surface area contributed by atoms with Gasteiger partial charge in [-0.25, -0.2) is 0 Å². The summed E-state index contributed by atoms with van der Waals surface area (Å²) in [5.41, 5.74) is 53.8. The molecule has 0 unspecified atom stereocenters. The standard InChI is InChI=1S/C4H10N3.Co.3N3/c5-1-3-7-4-2-6;;3*1-3-2/h5-6H,1-4H2;;;;/q-3;;3*-1. The smallest absolute Gasteiger partial charge is 0 e. The van der Waals surface area contributed by atoms with E-state index in [4.69, 9.17) is 44.7 Å². The van der Waals surface area contributed by atoms with Crippen molar-refractivity contribution in [3.05, 3.63) is 64.7 Å². The molecule has 0 aromatic heterocycles. The molecular formula is C4H10CoN12-6. The molecule has 0 rings (SSSR count). The van der Waals surface area contributed by atoms with Gasteiger partial charge >= 0.3 is 0 Å². The monoisotopic (exact) mass is 285 g/mol. The Morgan fingerprint density at radius 1 is 0.706 bits per heavy atom. The normalized spacial score (nSPS) is 5.29. The van der Waals surface area contributed by atoms with Gasteiger partial charge in [-0.2, -0.15) is 26.2 Å². The summed E-state index contributed by atoms with van der Waals surface area (Å²) in [5, 5.41) is 3.83. The van der Waals surface area contributed by atoms with Crippen molar-refractivity contribution in [3.8, 4) is 0 Å². The third-order valence-electron chi connectivity index (χ3n) is 0.540. The first kappa shape index (κ1) is 29.5. The average molecular weight is 285 g/mol. The van der Waals surface area contributed by atoms with Crippen LogP contribution in [0, 0.1) is 0 Å². The summed E-state index contributed by atoms with van der Waals surface area (Å²) < 4.78 is 0. The largest absolute Gasteiger partial charge is 0.679 e. The van der Waals surface area contributed by atoms with Gasteiger partial charge in [0.05, 0.1) is 0 Å². The van der Waals surface area contributed by atoms with E-state index in [-0.39, 0.29) is 16.8 Å². The zero-order valence-corrected chi connectivity index (χ0v) is 9.67. The maximum absolute atomic E-state index is 6.75. The van der Waals surface area contributed by atoms with Crippen LogP contribution in [-0.4, -0.2) is 26.2 Å². The number of rotatable bonds is 4. The predicted octanol–water partition coefficient (Wildman–Crippen LogP) is 4.06. The third kappa shape index (κ3) is 405. The summed E-state index contributed by atoms with van der Waals surface area (Å²) in [5.74, 6) is 0. The molecule has 0 bridgehead atoms. The SMILES string of the molecule is [Co].[N-]=[N+]=[N-].[N-]=[N+]=[N-].[N-]=[N+]=[N-].[NH-]CC[N-]CC[NH-]. The molecule has 0 aliphatic heterocycles. The minimum atomic E-state index is 0. The van der Waals surface area contributed by atoms with Crippen LogP contribution in [0.15, 0.2) is 0 Å². The first-order valence-corrected chi connectivity index (χ1v) is 3.54. The zero-order valence-electron chi connectivity index (χ0n) is 8.63. The maximum Gasteiger partial charge on any atom is 0 e. The van der Waals surface area contributed by atoms with Gasteiger partial charge in [-0.3, -0.25) is 14.7 Å². The Hall–Kier alpha value is -1.68. The molecule has 0 saturated carbocycles. The summed E-state index contributed by atoms with van der Waals surface area (Å²) in [6.07, 6.45) is 0. The van der Waals surface area contributed by atoms with Crippen LogP contribution in [0.5, 0.6) is 0 Å². The Bertz CT molecular complexity index is 164. The van der Waals surface area contributed by atoms with Crippen LogP contribution in [0.1, 0.15) is 0 Å². The van der Waals surface area contributed by atoms with E-state index in [1.165, 1.54) is 14.7 Å². The topological polar surface area (TPSA) is 238 Å². The first-order valence-electron chi connectivity index (χ1n) is 3.54. The van der Waals surface area contributed by atoms with Crippen molar-refractivity contribution in [3.63, 3.8) is 0 Å². The van der Waals surface area contributed by atoms with Crippen molar-refractivity contribution < 1.29 is 16.8 Å². The molecule has 13 heteroatoms. The molecule has 0 spiro atoms. The minimum Gasteiger partial charge on any atom is -0.679 e. The fraction of sp³-hybridized carbons (Fsp3) is 1.00. The molecule has 1 radical (unpaired) electrons. The molecule has 101 valence electrons. The van der Waals surface area contributed by atoms with Gasteiger partial charge < -0.3 is 50.0 Å². The molecule has 0 saturated heterocycles. The van der Waals surface area contributed by atoms with Crippen molar-refractivity contribution >= 4 is 0 Å². The molecule has 0 heterocycles. The number of nitrogens with zero attached hydrogens (tertiary/aromatic N) is 10. The molecule has 0 fully saturated rings. The molecule has 0 amide bonds. The van der Waals surface area contributed by atoms with E-state index in [0.29, 0.717) is 26.2 Å². The minimum absolute atomic E-state index is 0. The van der Waals surface area contributed by atoms with E-state index in [9.17, 15) is 0 Å². The van der Waals surface area contributed by atoms with Gasteiger partial charge in [-0.15, -0.1) is 0 Å². The number of hydrogen-bond acceptors (Lipinski definition) is 0. The molecule has 2 N–H and O–H groups in total. The van der Waals surface area contributed by atoms with Gasteiger partial charge in [0.25, 0.3) is 0 Å². The molecule has 0 aliphatic carbocycles. The van der Waals surface area contributed by atoms with Gasteiger partial charge in [0.15, 0.2) is 0 Å². The Morgan fingerprint density at radius 2 is 0.882 bits per heavy atom. The van der Waals surface area contributed by atoms with E-state index >= 15 is 0 Å². The van der Waals surface area contributed by atoms with E-state index in [1.807, 2.05) is 0 Å². The second kappa shape index (κ2) is 63.6. The van der Waals surface area contributed by atoms with Crippen LogP contribution in [0.2, 0.25) is 0 Å². The van der Waals surface area contributed by atoms with Gasteiger partial charge in [-0.1, -0.05) is 0 Å². The Labute approximate surface area is 108 Å². The van der Waals surface area contributed by atoms with Crippen molar-refractivity contribution in [2.24, 2.45) is 0 Å².